The Morgan fingerprint density at radius 2 is 1.88 bits per heavy atom. The first-order valence-corrected chi connectivity index (χ1v) is 5.42. The predicted molar refractivity (Wildman–Crippen MR) is 66.9 cm³/mol. The molecule has 5 nitrogen and oxygen atoms in total. The third kappa shape index (κ3) is 7.17. The molecule has 1 unspecified atom stereocenters. The average Bonchev–Trinajstić information content (AvgIpc) is 1.98. The second-order valence-electron chi connectivity index (χ2n) is 4.67. The minimum atomic E-state index is -0.596. The highest BCUT2D eigenvalue weighted by atomic mass is 32.1. The summed E-state index contributed by atoms with van der Waals surface area (Å²) < 4.78 is 0. The quantitative estimate of drug-likeness (QED) is 0.613. The number of nitrogens with one attached hydrogen (secondary N) is 2. The molecule has 0 saturated heterocycles. The Labute approximate surface area is 101 Å². The summed E-state index contributed by atoms with van der Waals surface area (Å²) in [5.74, 6) is -0.576. The number of carbonyl (C=O) groups is 2. The van der Waals surface area contributed by atoms with Gasteiger partial charge in [-0.1, -0.05) is 12.2 Å². The van der Waals surface area contributed by atoms with Crippen molar-refractivity contribution in [1.29, 1.82) is 0 Å². The Kier molecular flexibility index (Phi) is 5.37. The molecule has 0 aliphatic rings. The van der Waals surface area contributed by atoms with Gasteiger partial charge in [-0.05, 0) is 27.7 Å². The van der Waals surface area contributed by atoms with Crippen LogP contribution >= 0.6 is 12.2 Å². The van der Waals surface area contributed by atoms with Gasteiger partial charge in [-0.2, -0.15) is 0 Å². The topological polar surface area (TPSA) is 84.2 Å². The van der Waals surface area contributed by atoms with Gasteiger partial charge in [0.1, 0.15) is 6.04 Å². The molecule has 0 aliphatic carbocycles. The standard InChI is InChI=1S/C10H19N3O2S/c1-6(9(15)13-10(2,3)4)12-8(14)5-7(11)16/h6H,5H2,1-4H3,(H2,11,16)(H,12,14)(H,13,15). The van der Waals surface area contributed by atoms with Crippen LogP contribution in [0.5, 0.6) is 0 Å². The maximum absolute atomic E-state index is 11.6. The molecule has 2 amide bonds. The highest BCUT2D eigenvalue weighted by Crippen LogP contribution is 1.99. The first-order valence-electron chi connectivity index (χ1n) is 5.01. The lowest BCUT2D eigenvalue weighted by molar-refractivity contribution is -0.128. The van der Waals surface area contributed by atoms with Gasteiger partial charge in [0.05, 0.1) is 11.4 Å². The van der Waals surface area contributed by atoms with Crippen molar-refractivity contribution in [2.75, 3.05) is 0 Å². The van der Waals surface area contributed by atoms with Crippen LogP contribution in [0, 0.1) is 0 Å². The van der Waals surface area contributed by atoms with E-state index in [2.05, 4.69) is 22.9 Å². The zero-order valence-corrected chi connectivity index (χ0v) is 10.9. The Morgan fingerprint density at radius 1 is 1.38 bits per heavy atom. The number of rotatable bonds is 4. The largest absolute Gasteiger partial charge is 0.393 e. The van der Waals surface area contributed by atoms with Gasteiger partial charge >= 0.3 is 0 Å². The van der Waals surface area contributed by atoms with Crippen LogP contribution in [-0.4, -0.2) is 28.4 Å². The average molecular weight is 245 g/mol. The zero-order valence-electron chi connectivity index (χ0n) is 10.1. The van der Waals surface area contributed by atoms with Gasteiger partial charge in [0.15, 0.2) is 0 Å². The maximum Gasteiger partial charge on any atom is 0.242 e. The van der Waals surface area contributed by atoms with Crippen LogP contribution in [0.4, 0.5) is 0 Å². The molecule has 0 saturated carbocycles. The summed E-state index contributed by atoms with van der Waals surface area (Å²) >= 11 is 4.59. The van der Waals surface area contributed by atoms with E-state index in [9.17, 15) is 9.59 Å². The lowest BCUT2D eigenvalue weighted by Gasteiger charge is -2.23. The summed E-state index contributed by atoms with van der Waals surface area (Å²) in [6.07, 6.45) is -0.0392. The fourth-order valence-electron chi connectivity index (χ4n) is 0.994. The van der Waals surface area contributed by atoms with E-state index in [4.69, 9.17) is 5.73 Å². The Bertz CT molecular complexity index is 297. The highest BCUT2D eigenvalue weighted by Gasteiger charge is 2.20. The zero-order chi connectivity index (χ0) is 12.9. The summed E-state index contributed by atoms with van der Waals surface area (Å²) in [4.78, 5) is 23.0. The van der Waals surface area contributed by atoms with Crippen molar-refractivity contribution in [3.05, 3.63) is 0 Å². The third-order valence-corrected chi connectivity index (χ3v) is 1.75. The van der Waals surface area contributed by atoms with E-state index in [0.717, 1.165) is 0 Å². The van der Waals surface area contributed by atoms with E-state index >= 15 is 0 Å². The molecule has 1 atom stereocenters. The molecule has 0 bridgehead atoms. The molecular formula is C10H19N3O2S. The SMILES string of the molecule is CC(NC(=O)CC(N)=S)C(=O)NC(C)(C)C. The number of hydrogen-bond acceptors (Lipinski definition) is 3. The molecule has 0 radical (unpaired) electrons. The molecule has 6 heteroatoms. The minimum absolute atomic E-state index is 0.0392. The van der Waals surface area contributed by atoms with Gasteiger partial charge in [0, 0.05) is 5.54 Å². The fraction of sp³-hybridized carbons (Fsp3) is 0.700. The third-order valence-electron chi connectivity index (χ3n) is 1.60. The molecule has 4 N–H and O–H groups in total. The number of amides is 2. The summed E-state index contributed by atoms with van der Waals surface area (Å²) in [5.41, 5.74) is 4.90. The minimum Gasteiger partial charge on any atom is -0.393 e. The lowest BCUT2D eigenvalue weighted by Crippen LogP contribution is -2.51. The molecule has 0 aliphatic heterocycles. The Morgan fingerprint density at radius 3 is 2.25 bits per heavy atom. The van der Waals surface area contributed by atoms with Crippen LogP contribution in [-0.2, 0) is 9.59 Å². The molecule has 92 valence electrons. The number of nitrogens with two attached hydrogens (primary N) is 1. The smallest absolute Gasteiger partial charge is 0.242 e. The fourth-order valence-corrected chi connectivity index (χ4v) is 1.13. The van der Waals surface area contributed by atoms with Crippen molar-refractivity contribution in [3.8, 4) is 0 Å². The van der Waals surface area contributed by atoms with Crippen molar-refractivity contribution in [1.82, 2.24) is 10.6 Å². The van der Waals surface area contributed by atoms with Crippen LogP contribution in [0.1, 0.15) is 34.1 Å². The second kappa shape index (κ2) is 5.79. The molecule has 0 aromatic rings. The van der Waals surface area contributed by atoms with E-state index in [1.54, 1.807) is 6.92 Å². The normalized spacial score (nSPS) is 12.8. The van der Waals surface area contributed by atoms with Crippen molar-refractivity contribution < 1.29 is 9.59 Å². The summed E-state index contributed by atoms with van der Waals surface area (Å²) in [6.45, 7) is 7.22. The molecule has 0 rings (SSSR count). The second-order valence-corrected chi connectivity index (χ2v) is 5.20. The van der Waals surface area contributed by atoms with Crippen molar-refractivity contribution in [2.24, 2.45) is 5.73 Å². The molecular weight excluding hydrogens is 226 g/mol. The van der Waals surface area contributed by atoms with E-state index in [1.807, 2.05) is 20.8 Å². The van der Waals surface area contributed by atoms with E-state index in [0.29, 0.717) is 0 Å². The Balaban J connectivity index is 4.16. The maximum atomic E-state index is 11.6. The van der Waals surface area contributed by atoms with Crippen LogP contribution in [0.25, 0.3) is 0 Å². The van der Waals surface area contributed by atoms with E-state index in [-0.39, 0.29) is 28.8 Å². The molecule has 0 heterocycles. The van der Waals surface area contributed by atoms with Crippen LogP contribution in [0.2, 0.25) is 0 Å². The van der Waals surface area contributed by atoms with E-state index in [1.165, 1.54) is 0 Å². The van der Waals surface area contributed by atoms with Gasteiger partial charge in [-0.3, -0.25) is 9.59 Å². The van der Waals surface area contributed by atoms with Gasteiger partial charge in [-0.15, -0.1) is 0 Å². The Hall–Kier alpha value is -1.17. The van der Waals surface area contributed by atoms with Crippen LogP contribution in [0.15, 0.2) is 0 Å². The predicted octanol–water partition coefficient (Wildman–Crippen LogP) is 0.0820. The summed E-state index contributed by atoms with van der Waals surface area (Å²) in [7, 11) is 0. The molecule has 16 heavy (non-hydrogen) atoms. The molecule has 0 spiro atoms. The molecule has 0 aromatic carbocycles. The van der Waals surface area contributed by atoms with Crippen molar-refractivity contribution in [2.45, 2.75) is 45.7 Å². The monoisotopic (exact) mass is 245 g/mol. The molecule has 0 fully saturated rings. The van der Waals surface area contributed by atoms with Crippen LogP contribution in [0.3, 0.4) is 0 Å². The number of thiocarbonyl (C=S) groups is 1. The van der Waals surface area contributed by atoms with E-state index < -0.39 is 6.04 Å². The molecule has 0 aromatic heterocycles. The van der Waals surface area contributed by atoms with Crippen molar-refractivity contribution in [3.63, 3.8) is 0 Å². The van der Waals surface area contributed by atoms with Gasteiger partial charge in [0.25, 0.3) is 0 Å². The number of hydrogen-bond donors (Lipinski definition) is 3. The van der Waals surface area contributed by atoms with Gasteiger partial charge < -0.3 is 16.4 Å². The number of carbonyl (C=O) groups excluding carboxylic acids is 2. The van der Waals surface area contributed by atoms with Crippen molar-refractivity contribution >= 4 is 29.0 Å². The van der Waals surface area contributed by atoms with Crippen LogP contribution < -0.4 is 16.4 Å². The first-order chi connectivity index (χ1) is 7.11. The summed E-state index contributed by atoms with van der Waals surface area (Å²) in [6, 6.07) is -0.596. The lowest BCUT2D eigenvalue weighted by atomic mass is 10.1. The summed E-state index contributed by atoms with van der Waals surface area (Å²) in [5, 5.41) is 5.27. The highest BCUT2D eigenvalue weighted by molar-refractivity contribution is 7.80. The van der Waals surface area contributed by atoms with Gasteiger partial charge in [0.2, 0.25) is 11.8 Å². The van der Waals surface area contributed by atoms with Gasteiger partial charge in [-0.25, -0.2) is 0 Å². The first kappa shape index (κ1) is 14.8.